The smallest absolute Gasteiger partial charge is 0.339 e. The molecule has 0 bridgehead atoms. The summed E-state index contributed by atoms with van der Waals surface area (Å²) in [4.78, 5) is 10.6. The number of carbonyl (C=O) groups is 1. The quantitative estimate of drug-likeness (QED) is 0.756. The van der Waals surface area contributed by atoms with Crippen molar-refractivity contribution in [2.45, 2.75) is 12.0 Å². The van der Waals surface area contributed by atoms with Crippen LogP contribution in [0, 0.1) is 6.92 Å². The third-order valence-electron chi connectivity index (χ3n) is 1.66. The van der Waals surface area contributed by atoms with Gasteiger partial charge in [0.1, 0.15) is 11.3 Å². The number of rotatable bonds is 3. The van der Waals surface area contributed by atoms with Crippen molar-refractivity contribution in [3.05, 3.63) is 17.4 Å². The molecule has 14 heavy (non-hydrogen) atoms. The molecule has 0 fully saturated rings. The van der Waals surface area contributed by atoms with Crippen molar-refractivity contribution in [2.75, 3.05) is 7.05 Å². The molecule has 1 aromatic heterocycles. The molecule has 0 spiro atoms. The van der Waals surface area contributed by atoms with Crippen LogP contribution in [-0.2, 0) is 10.0 Å². The van der Waals surface area contributed by atoms with E-state index in [0.717, 1.165) is 6.07 Å². The zero-order valence-electron chi connectivity index (χ0n) is 7.57. The van der Waals surface area contributed by atoms with Crippen molar-refractivity contribution >= 4 is 16.0 Å². The number of furan rings is 1. The predicted octanol–water partition coefficient (Wildman–Crippen LogP) is 0.194. The molecule has 0 aliphatic rings. The number of carboxylic acids is 1. The van der Waals surface area contributed by atoms with E-state index in [4.69, 9.17) is 9.52 Å². The maximum Gasteiger partial charge on any atom is 0.339 e. The Kier molecular flexibility index (Phi) is 2.63. The molecule has 0 saturated heterocycles. The monoisotopic (exact) mass is 219 g/mol. The fourth-order valence-electron chi connectivity index (χ4n) is 0.900. The lowest BCUT2D eigenvalue weighted by molar-refractivity contribution is 0.0695. The fraction of sp³-hybridized carbons (Fsp3) is 0.286. The van der Waals surface area contributed by atoms with Gasteiger partial charge in [0.2, 0.25) is 5.09 Å². The van der Waals surface area contributed by atoms with Gasteiger partial charge in [-0.05, 0) is 14.0 Å². The molecular weight excluding hydrogens is 210 g/mol. The summed E-state index contributed by atoms with van der Waals surface area (Å²) in [7, 11) is -2.50. The van der Waals surface area contributed by atoms with Crippen LogP contribution in [0.5, 0.6) is 0 Å². The summed E-state index contributed by atoms with van der Waals surface area (Å²) in [6, 6.07) is 0.976. The number of hydrogen-bond donors (Lipinski definition) is 2. The molecule has 0 saturated carbocycles. The lowest BCUT2D eigenvalue weighted by Gasteiger charge is -1.94. The highest BCUT2D eigenvalue weighted by atomic mass is 32.2. The first-order valence-corrected chi connectivity index (χ1v) is 5.14. The van der Waals surface area contributed by atoms with E-state index < -0.39 is 21.1 Å². The topological polar surface area (TPSA) is 96.6 Å². The maximum atomic E-state index is 11.2. The van der Waals surface area contributed by atoms with Crippen LogP contribution in [0.4, 0.5) is 0 Å². The molecule has 0 atom stereocenters. The zero-order valence-corrected chi connectivity index (χ0v) is 8.38. The molecule has 78 valence electrons. The first-order valence-electron chi connectivity index (χ1n) is 3.65. The van der Waals surface area contributed by atoms with Gasteiger partial charge in [0.15, 0.2) is 0 Å². The summed E-state index contributed by atoms with van der Waals surface area (Å²) in [5, 5.41) is 8.25. The molecule has 2 N–H and O–H groups in total. The predicted molar refractivity (Wildman–Crippen MR) is 46.6 cm³/mol. The second-order valence-electron chi connectivity index (χ2n) is 2.55. The van der Waals surface area contributed by atoms with E-state index in [1.807, 2.05) is 4.72 Å². The Labute approximate surface area is 80.6 Å². The first kappa shape index (κ1) is 10.7. The Bertz CT molecular complexity index is 458. The van der Waals surface area contributed by atoms with Crippen LogP contribution in [0.1, 0.15) is 16.1 Å². The summed E-state index contributed by atoms with van der Waals surface area (Å²) in [5.41, 5.74) is -0.154. The van der Waals surface area contributed by atoms with E-state index >= 15 is 0 Å². The summed E-state index contributed by atoms with van der Waals surface area (Å²) in [6.07, 6.45) is 0. The molecule has 1 heterocycles. The van der Waals surface area contributed by atoms with E-state index in [9.17, 15) is 13.2 Å². The summed E-state index contributed by atoms with van der Waals surface area (Å²) in [6.45, 7) is 1.39. The normalized spacial score (nSPS) is 11.6. The molecule has 0 unspecified atom stereocenters. The summed E-state index contributed by atoms with van der Waals surface area (Å²) < 4.78 is 29.2. The average molecular weight is 219 g/mol. The average Bonchev–Trinajstić information content (AvgIpc) is 2.48. The Hall–Kier alpha value is -1.34. The molecule has 6 nitrogen and oxygen atoms in total. The molecule has 7 heteroatoms. The molecule has 0 amide bonds. The Balaban J connectivity index is 3.29. The third-order valence-corrected chi connectivity index (χ3v) is 2.93. The van der Waals surface area contributed by atoms with Crippen LogP contribution in [0.25, 0.3) is 0 Å². The highest BCUT2D eigenvalue weighted by molar-refractivity contribution is 7.89. The molecule has 1 aromatic rings. The van der Waals surface area contributed by atoms with Crippen molar-refractivity contribution in [2.24, 2.45) is 0 Å². The van der Waals surface area contributed by atoms with Crippen LogP contribution in [-0.4, -0.2) is 26.5 Å². The van der Waals surface area contributed by atoms with Crippen molar-refractivity contribution in [1.82, 2.24) is 4.72 Å². The van der Waals surface area contributed by atoms with Gasteiger partial charge in [-0.25, -0.2) is 17.9 Å². The van der Waals surface area contributed by atoms with E-state index in [2.05, 4.69) is 0 Å². The van der Waals surface area contributed by atoms with Gasteiger partial charge in [0.05, 0.1) is 0 Å². The van der Waals surface area contributed by atoms with Gasteiger partial charge in [-0.2, -0.15) is 0 Å². The second kappa shape index (κ2) is 3.43. The molecular formula is C7H9NO5S. The molecule has 1 rings (SSSR count). The lowest BCUT2D eigenvalue weighted by atomic mass is 10.3. The highest BCUT2D eigenvalue weighted by Crippen LogP contribution is 2.18. The van der Waals surface area contributed by atoms with Gasteiger partial charge in [-0.1, -0.05) is 0 Å². The van der Waals surface area contributed by atoms with Crippen molar-refractivity contribution in [3.63, 3.8) is 0 Å². The van der Waals surface area contributed by atoms with Crippen LogP contribution >= 0.6 is 0 Å². The van der Waals surface area contributed by atoms with E-state index in [0.29, 0.717) is 0 Å². The van der Waals surface area contributed by atoms with Gasteiger partial charge in [0, 0.05) is 6.07 Å². The summed E-state index contributed by atoms with van der Waals surface area (Å²) in [5.74, 6) is -1.16. The minimum Gasteiger partial charge on any atom is -0.478 e. The van der Waals surface area contributed by atoms with E-state index in [-0.39, 0.29) is 11.3 Å². The number of nitrogens with one attached hydrogen (secondary N) is 1. The van der Waals surface area contributed by atoms with Gasteiger partial charge in [-0.3, -0.25) is 0 Å². The minimum absolute atomic E-state index is 0.0614. The van der Waals surface area contributed by atoms with E-state index in [1.165, 1.54) is 14.0 Å². The Morgan fingerprint density at radius 3 is 2.50 bits per heavy atom. The lowest BCUT2D eigenvalue weighted by Crippen LogP contribution is -2.17. The highest BCUT2D eigenvalue weighted by Gasteiger charge is 2.21. The van der Waals surface area contributed by atoms with Crippen LogP contribution in [0.2, 0.25) is 0 Å². The number of aryl methyl sites for hydroxylation is 1. The van der Waals surface area contributed by atoms with E-state index in [1.54, 1.807) is 0 Å². The third kappa shape index (κ3) is 1.78. The van der Waals surface area contributed by atoms with Crippen LogP contribution in [0.15, 0.2) is 15.6 Å². The molecule has 0 aromatic carbocycles. The van der Waals surface area contributed by atoms with Gasteiger partial charge < -0.3 is 9.52 Å². The number of sulfonamides is 1. The largest absolute Gasteiger partial charge is 0.478 e. The molecule has 0 radical (unpaired) electrons. The number of hydrogen-bond acceptors (Lipinski definition) is 4. The number of carboxylic acid groups (broad SMARTS) is 1. The van der Waals surface area contributed by atoms with Crippen molar-refractivity contribution < 1.29 is 22.7 Å². The Morgan fingerprint density at radius 2 is 2.14 bits per heavy atom. The maximum absolute atomic E-state index is 11.2. The minimum atomic E-state index is -3.71. The van der Waals surface area contributed by atoms with Crippen molar-refractivity contribution in [3.8, 4) is 0 Å². The first-order chi connectivity index (χ1) is 6.38. The van der Waals surface area contributed by atoms with Gasteiger partial charge >= 0.3 is 5.97 Å². The van der Waals surface area contributed by atoms with Crippen LogP contribution < -0.4 is 4.72 Å². The molecule has 0 aliphatic carbocycles. The second-order valence-corrected chi connectivity index (χ2v) is 4.37. The zero-order chi connectivity index (χ0) is 10.9. The van der Waals surface area contributed by atoms with Gasteiger partial charge in [-0.15, -0.1) is 0 Å². The molecule has 0 aliphatic heterocycles. The van der Waals surface area contributed by atoms with Crippen molar-refractivity contribution in [1.29, 1.82) is 0 Å². The number of aromatic carboxylic acids is 1. The Morgan fingerprint density at radius 1 is 1.57 bits per heavy atom. The van der Waals surface area contributed by atoms with Crippen LogP contribution in [0.3, 0.4) is 0 Å². The SMILES string of the molecule is CNS(=O)(=O)c1cc(C(=O)O)c(C)o1. The standard InChI is InChI=1S/C7H9NO5S/c1-4-5(7(9)10)3-6(13-4)14(11,12)8-2/h3,8H,1-2H3,(H,9,10). The van der Waals surface area contributed by atoms with Gasteiger partial charge in [0.25, 0.3) is 10.0 Å². The summed E-state index contributed by atoms with van der Waals surface area (Å²) >= 11 is 0. The fourth-order valence-corrected chi connectivity index (χ4v) is 1.61.